The molecule has 0 aliphatic rings. The van der Waals surface area contributed by atoms with Crippen LogP contribution in [0.15, 0.2) is 18.2 Å². The van der Waals surface area contributed by atoms with Crippen LogP contribution < -0.4 is 16.4 Å². The highest BCUT2D eigenvalue weighted by atomic mass is 16.5. The van der Waals surface area contributed by atoms with Crippen LogP contribution in [-0.2, 0) is 14.3 Å². The van der Waals surface area contributed by atoms with Gasteiger partial charge in [0.2, 0.25) is 5.91 Å². The zero-order valence-corrected chi connectivity index (χ0v) is 15.1. The molecule has 4 N–H and O–H groups in total. The number of esters is 2. The van der Waals surface area contributed by atoms with E-state index in [0.29, 0.717) is 6.42 Å². The summed E-state index contributed by atoms with van der Waals surface area (Å²) < 4.78 is 9.28. The van der Waals surface area contributed by atoms with Crippen LogP contribution in [0.2, 0.25) is 0 Å². The molecule has 0 radical (unpaired) electrons. The van der Waals surface area contributed by atoms with Crippen LogP contribution in [0.3, 0.4) is 0 Å². The maximum absolute atomic E-state index is 12.5. The lowest BCUT2D eigenvalue weighted by atomic mass is 10.0. The number of nitrogens with two attached hydrogens (primary N) is 1. The molecule has 0 heterocycles. The second kappa shape index (κ2) is 9.40. The second-order valence-corrected chi connectivity index (χ2v) is 5.96. The van der Waals surface area contributed by atoms with Gasteiger partial charge in [0.25, 0.3) is 0 Å². The summed E-state index contributed by atoms with van der Waals surface area (Å²) in [5.74, 6) is -1.78. The summed E-state index contributed by atoms with van der Waals surface area (Å²) in [5, 5.41) is 4.94. The Hall–Kier alpha value is -3.10. The highest BCUT2D eigenvalue weighted by Gasteiger charge is 2.22. The molecule has 0 aromatic heterocycles. The number of benzene rings is 1. The molecule has 26 heavy (non-hydrogen) atoms. The first kappa shape index (κ1) is 20.9. The number of primary amides is 1. The molecule has 0 saturated carbocycles. The first-order valence-electron chi connectivity index (χ1n) is 7.86. The van der Waals surface area contributed by atoms with Crippen LogP contribution in [0.4, 0.5) is 10.5 Å². The van der Waals surface area contributed by atoms with Gasteiger partial charge in [0, 0.05) is 5.69 Å². The van der Waals surface area contributed by atoms with Crippen LogP contribution in [0, 0.1) is 5.92 Å². The third-order valence-electron chi connectivity index (χ3n) is 3.38. The van der Waals surface area contributed by atoms with E-state index >= 15 is 0 Å². The number of hydrogen-bond acceptors (Lipinski definition) is 6. The van der Waals surface area contributed by atoms with Crippen molar-refractivity contribution < 1.29 is 28.7 Å². The predicted molar refractivity (Wildman–Crippen MR) is 93.7 cm³/mol. The summed E-state index contributed by atoms with van der Waals surface area (Å²) in [4.78, 5) is 47.2. The number of amides is 3. The van der Waals surface area contributed by atoms with Crippen LogP contribution >= 0.6 is 0 Å². The van der Waals surface area contributed by atoms with Gasteiger partial charge in [-0.15, -0.1) is 0 Å². The van der Waals surface area contributed by atoms with Crippen LogP contribution in [0.1, 0.15) is 41.0 Å². The fourth-order valence-corrected chi connectivity index (χ4v) is 2.28. The number of anilines is 1. The maximum Gasteiger partial charge on any atom is 0.337 e. The summed E-state index contributed by atoms with van der Waals surface area (Å²) >= 11 is 0. The van der Waals surface area contributed by atoms with E-state index in [1.54, 1.807) is 0 Å². The van der Waals surface area contributed by atoms with E-state index in [1.807, 2.05) is 13.8 Å². The second-order valence-electron chi connectivity index (χ2n) is 5.96. The van der Waals surface area contributed by atoms with Gasteiger partial charge in [-0.2, -0.15) is 0 Å². The number of carbonyl (C=O) groups is 4. The van der Waals surface area contributed by atoms with Crippen molar-refractivity contribution in [2.24, 2.45) is 11.7 Å². The van der Waals surface area contributed by atoms with Gasteiger partial charge in [-0.05, 0) is 30.5 Å². The fraction of sp³-hybridized carbons (Fsp3) is 0.412. The Morgan fingerprint density at radius 3 is 1.88 bits per heavy atom. The van der Waals surface area contributed by atoms with Crippen molar-refractivity contribution in [3.8, 4) is 0 Å². The molecule has 0 spiro atoms. The zero-order chi connectivity index (χ0) is 19.9. The molecular weight excluding hydrogens is 342 g/mol. The zero-order valence-electron chi connectivity index (χ0n) is 15.1. The number of rotatable bonds is 7. The normalized spacial score (nSPS) is 11.4. The van der Waals surface area contributed by atoms with Crippen LogP contribution in [0.25, 0.3) is 0 Å². The quantitative estimate of drug-likeness (QED) is 0.623. The van der Waals surface area contributed by atoms with Gasteiger partial charge in [0.05, 0.1) is 25.3 Å². The molecular formula is C17H23N3O6. The van der Waals surface area contributed by atoms with E-state index < -0.39 is 29.9 Å². The van der Waals surface area contributed by atoms with Gasteiger partial charge in [-0.1, -0.05) is 13.8 Å². The third-order valence-corrected chi connectivity index (χ3v) is 3.38. The molecule has 1 aromatic rings. The topological polar surface area (TPSA) is 137 Å². The maximum atomic E-state index is 12.5. The van der Waals surface area contributed by atoms with E-state index in [0.717, 1.165) is 0 Å². The lowest BCUT2D eigenvalue weighted by molar-refractivity contribution is -0.118. The molecule has 9 nitrogen and oxygen atoms in total. The average Bonchev–Trinajstić information content (AvgIpc) is 2.58. The average molecular weight is 365 g/mol. The van der Waals surface area contributed by atoms with Gasteiger partial charge in [0.1, 0.15) is 6.04 Å². The van der Waals surface area contributed by atoms with Gasteiger partial charge in [-0.3, -0.25) is 4.79 Å². The van der Waals surface area contributed by atoms with E-state index in [9.17, 15) is 19.2 Å². The van der Waals surface area contributed by atoms with E-state index in [-0.39, 0.29) is 22.7 Å². The Balaban J connectivity index is 3.15. The van der Waals surface area contributed by atoms with Gasteiger partial charge in [0.15, 0.2) is 0 Å². The van der Waals surface area contributed by atoms with Gasteiger partial charge in [-0.25, -0.2) is 14.4 Å². The number of carbonyl (C=O) groups excluding carboxylic acids is 4. The van der Waals surface area contributed by atoms with E-state index in [4.69, 9.17) is 5.73 Å². The summed E-state index contributed by atoms with van der Waals surface area (Å²) in [6.45, 7) is 3.77. The molecule has 1 aromatic carbocycles. The minimum absolute atomic E-state index is 0.0639. The van der Waals surface area contributed by atoms with Crippen LogP contribution in [-0.4, -0.2) is 44.1 Å². The molecule has 0 fully saturated rings. The van der Waals surface area contributed by atoms with Crippen molar-refractivity contribution in [1.29, 1.82) is 0 Å². The lowest BCUT2D eigenvalue weighted by Crippen LogP contribution is -2.46. The van der Waals surface area contributed by atoms with Crippen molar-refractivity contribution in [1.82, 2.24) is 5.32 Å². The number of nitrogens with one attached hydrogen (secondary N) is 2. The SMILES string of the molecule is COC(=O)c1cc(NC(=O)[C@@H](CC(C)C)NC(N)=O)cc(C(=O)OC)c1. The molecule has 0 saturated heterocycles. The Morgan fingerprint density at radius 2 is 1.50 bits per heavy atom. The minimum atomic E-state index is -0.865. The Labute approximate surface area is 151 Å². The highest BCUT2D eigenvalue weighted by molar-refractivity contribution is 6.01. The van der Waals surface area contributed by atoms with E-state index in [2.05, 4.69) is 20.1 Å². The summed E-state index contributed by atoms with van der Waals surface area (Å²) in [5.41, 5.74) is 5.42. The Bertz CT molecular complexity index is 667. The molecule has 142 valence electrons. The molecule has 0 unspecified atom stereocenters. The Morgan fingerprint density at radius 1 is 1.00 bits per heavy atom. The summed E-state index contributed by atoms with van der Waals surface area (Å²) in [6, 6.07) is 2.31. The third kappa shape index (κ3) is 6.08. The van der Waals surface area contributed by atoms with E-state index in [1.165, 1.54) is 32.4 Å². The monoisotopic (exact) mass is 365 g/mol. The molecule has 0 aliphatic heterocycles. The van der Waals surface area contributed by atoms with Gasteiger partial charge < -0.3 is 25.8 Å². The number of ether oxygens (including phenoxy) is 2. The van der Waals surface area contributed by atoms with Crippen molar-refractivity contribution in [3.05, 3.63) is 29.3 Å². The molecule has 1 atom stereocenters. The first-order valence-corrected chi connectivity index (χ1v) is 7.86. The number of methoxy groups -OCH3 is 2. The van der Waals surface area contributed by atoms with Crippen LogP contribution in [0.5, 0.6) is 0 Å². The summed E-state index contributed by atoms with van der Waals surface area (Å²) in [6.07, 6.45) is 0.356. The van der Waals surface area contributed by atoms with Crippen molar-refractivity contribution >= 4 is 29.6 Å². The van der Waals surface area contributed by atoms with Crippen molar-refractivity contribution in [3.63, 3.8) is 0 Å². The molecule has 3 amide bonds. The number of hydrogen-bond donors (Lipinski definition) is 3. The lowest BCUT2D eigenvalue weighted by Gasteiger charge is -2.19. The largest absolute Gasteiger partial charge is 0.465 e. The van der Waals surface area contributed by atoms with Crippen molar-refractivity contribution in [2.75, 3.05) is 19.5 Å². The molecule has 0 bridgehead atoms. The predicted octanol–water partition coefficient (Wildman–Crippen LogP) is 1.28. The number of urea groups is 1. The molecule has 9 heteroatoms. The highest BCUT2D eigenvalue weighted by Crippen LogP contribution is 2.18. The molecule has 1 rings (SSSR count). The smallest absolute Gasteiger partial charge is 0.337 e. The standard InChI is InChI=1S/C17H23N3O6/c1-9(2)5-13(20-17(18)24)14(21)19-12-7-10(15(22)25-3)6-11(8-12)16(23)26-4/h6-9,13H,5H2,1-4H3,(H,19,21)(H3,18,20,24)/t13-/m1/s1. The molecule has 0 aliphatic carbocycles. The Kier molecular flexibility index (Phi) is 7.57. The first-order chi connectivity index (χ1) is 12.2. The fourth-order valence-electron chi connectivity index (χ4n) is 2.28. The minimum Gasteiger partial charge on any atom is -0.465 e. The summed E-state index contributed by atoms with van der Waals surface area (Å²) in [7, 11) is 2.39. The van der Waals surface area contributed by atoms with Crippen molar-refractivity contribution in [2.45, 2.75) is 26.3 Å². The van der Waals surface area contributed by atoms with Gasteiger partial charge >= 0.3 is 18.0 Å².